The number of aryl methyl sites for hydroxylation is 2. The van der Waals surface area contributed by atoms with Crippen molar-refractivity contribution >= 4 is 5.91 Å². The normalized spacial score (nSPS) is 21.4. The number of oxazole rings is 1. The summed E-state index contributed by atoms with van der Waals surface area (Å²) in [4.78, 5) is 18.0. The van der Waals surface area contributed by atoms with Gasteiger partial charge in [0, 0.05) is 25.7 Å². The lowest BCUT2D eigenvalue weighted by molar-refractivity contribution is 0.1000. The van der Waals surface area contributed by atoms with Crippen molar-refractivity contribution in [1.29, 1.82) is 0 Å². The van der Waals surface area contributed by atoms with E-state index in [4.69, 9.17) is 10.2 Å². The van der Waals surface area contributed by atoms with E-state index in [9.17, 15) is 4.79 Å². The third-order valence-corrected chi connectivity index (χ3v) is 4.51. The number of hydrogen-bond donors (Lipinski definition) is 1. The van der Waals surface area contributed by atoms with Crippen LogP contribution in [0.5, 0.6) is 0 Å². The maximum atomic E-state index is 11.1. The van der Waals surface area contributed by atoms with Crippen LogP contribution in [-0.4, -0.2) is 38.7 Å². The third-order valence-electron chi connectivity index (χ3n) is 4.51. The number of carbonyl (C=O) groups is 1. The average Bonchev–Trinajstić information content (AvgIpc) is 3.21. The molecular weight excluding hydrogens is 282 g/mol. The summed E-state index contributed by atoms with van der Waals surface area (Å²) in [5, 5.41) is 4.25. The Morgan fingerprint density at radius 3 is 3.14 bits per heavy atom. The highest BCUT2D eigenvalue weighted by atomic mass is 16.4. The number of likely N-dealkylation sites (tertiary alicyclic amines) is 1. The van der Waals surface area contributed by atoms with E-state index in [-0.39, 0.29) is 6.04 Å². The lowest BCUT2D eigenvalue weighted by atomic mass is 10.3. The molecule has 2 aromatic rings. The van der Waals surface area contributed by atoms with Gasteiger partial charge in [0.2, 0.25) is 5.89 Å². The number of primary amides is 1. The van der Waals surface area contributed by atoms with Gasteiger partial charge in [-0.3, -0.25) is 14.4 Å². The number of aromatic nitrogens is 3. The minimum atomic E-state index is -0.435. The standard InChI is InChI=1S/C15H19N5O2/c16-15(21)10-6-17-20(7-10)11-4-5-19(8-11)9-14-18-12-2-1-3-13(12)22-14/h6-7,11H,1-5,8-9H2,(H2,16,21). The molecule has 0 saturated carbocycles. The first kappa shape index (κ1) is 13.5. The van der Waals surface area contributed by atoms with E-state index in [1.807, 2.05) is 4.68 Å². The van der Waals surface area contributed by atoms with Crippen molar-refractivity contribution in [3.8, 4) is 0 Å². The number of rotatable bonds is 4. The summed E-state index contributed by atoms with van der Waals surface area (Å²) in [6.45, 7) is 2.60. The summed E-state index contributed by atoms with van der Waals surface area (Å²) < 4.78 is 7.67. The Hall–Kier alpha value is -2.15. The lowest BCUT2D eigenvalue weighted by Crippen LogP contribution is -2.21. The van der Waals surface area contributed by atoms with Gasteiger partial charge in [-0.15, -0.1) is 0 Å². The molecule has 1 aliphatic carbocycles. The summed E-state index contributed by atoms with van der Waals surface area (Å²) in [7, 11) is 0. The molecule has 22 heavy (non-hydrogen) atoms. The quantitative estimate of drug-likeness (QED) is 0.906. The molecule has 0 aromatic carbocycles. The second kappa shape index (κ2) is 5.24. The molecule has 1 amide bonds. The summed E-state index contributed by atoms with van der Waals surface area (Å²) in [5.74, 6) is 1.46. The van der Waals surface area contributed by atoms with Crippen molar-refractivity contribution in [2.75, 3.05) is 13.1 Å². The number of nitrogens with two attached hydrogens (primary N) is 1. The molecule has 0 bridgehead atoms. The zero-order valence-corrected chi connectivity index (χ0v) is 12.4. The van der Waals surface area contributed by atoms with E-state index in [0.717, 1.165) is 62.7 Å². The third kappa shape index (κ3) is 2.41. The Morgan fingerprint density at radius 1 is 1.45 bits per heavy atom. The van der Waals surface area contributed by atoms with Gasteiger partial charge in [-0.25, -0.2) is 4.98 Å². The van der Waals surface area contributed by atoms with E-state index in [2.05, 4.69) is 15.0 Å². The molecule has 1 aliphatic heterocycles. The van der Waals surface area contributed by atoms with Gasteiger partial charge < -0.3 is 10.2 Å². The van der Waals surface area contributed by atoms with E-state index < -0.39 is 5.91 Å². The highest BCUT2D eigenvalue weighted by molar-refractivity contribution is 5.92. The molecule has 7 nitrogen and oxygen atoms in total. The van der Waals surface area contributed by atoms with E-state index >= 15 is 0 Å². The van der Waals surface area contributed by atoms with Gasteiger partial charge in [0.25, 0.3) is 5.91 Å². The van der Waals surface area contributed by atoms with Crippen molar-refractivity contribution in [2.24, 2.45) is 5.73 Å². The zero-order valence-electron chi connectivity index (χ0n) is 12.4. The Morgan fingerprint density at radius 2 is 2.36 bits per heavy atom. The number of nitrogens with zero attached hydrogens (tertiary/aromatic N) is 4. The predicted octanol–water partition coefficient (Wildman–Crippen LogP) is 0.906. The van der Waals surface area contributed by atoms with Crippen LogP contribution >= 0.6 is 0 Å². The van der Waals surface area contributed by atoms with Crippen LogP contribution in [0.15, 0.2) is 16.8 Å². The number of hydrogen-bond acceptors (Lipinski definition) is 5. The van der Waals surface area contributed by atoms with Crippen molar-refractivity contribution in [3.63, 3.8) is 0 Å². The zero-order chi connectivity index (χ0) is 15.1. The second-order valence-corrected chi connectivity index (χ2v) is 6.08. The fourth-order valence-electron chi connectivity index (χ4n) is 3.34. The van der Waals surface area contributed by atoms with E-state index in [1.54, 1.807) is 6.20 Å². The summed E-state index contributed by atoms with van der Waals surface area (Å²) >= 11 is 0. The van der Waals surface area contributed by atoms with Crippen LogP contribution in [0.4, 0.5) is 0 Å². The van der Waals surface area contributed by atoms with Gasteiger partial charge in [-0.1, -0.05) is 0 Å². The summed E-state index contributed by atoms with van der Waals surface area (Å²) in [6, 6.07) is 0.273. The van der Waals surface area contributed by atoms with Gasteiger partial charge in [-0.05, 0) is 19.3 Å². The average molecular weight is 301 g/mol. The van der Waals surface area contributed by atoms with Crippen LogP contribution in [0.1, 0.15) is 46.6 Å². The van der Waals surface area contributed by atoms with Crippen LogP contribution < -0.4 is 5.73 Å². The highest BCUT2D eigenvalue weighted by Crippen LogP contribution is 2.26. The molecule has 1 unspecified atom stereocenters. The van der Waals surface area contributed by atoms with Crippen LogP contribution in [0.25, 0.3) is 0 Å². The maximum Gasteiger partial charge on any atom is 0.251 e. The summed E-state index contributed by atoms with van der Waals surface area (Å²) in [6.07, 6.45) is 7.49. The van der Waals surface area contributed by atoms with Gasteiger partial charge in [-0.2, -0.15) is 5.10 Å². The maximum absolute atomic E-state index is 11.1. The molecule has 116 valence electrons. The number of carbonyl (C=O) groups excluding carboxylic acids is 1. The Labute approximate surface area is 128 Å². The monoisotopic (exact) mass is 301 g/mol. The van der Waals surface area contributed by atoms with Gasteiger partial charge >= 0.3 is 0 Å². The van der Waals surface area contributed by atoms with Gasteiger partial charge in [0.05, 0.1) is 30.0 Å². The van der Waals surface area contributed by atoms with Crippen molar-refractivity contribution in [3.05, 3.63) is 35.3 Å². The first-order chi connectivity index (χ1) is 10.7. The molecule has 0 spiro atoms. The molecule has 1 fully saturated rings. The van der Waals surface area contributed by atoms with Crippen molar-refractivity contribution in [1.82, 2.24) is 19.7 Å². The van der Waals surface area contributed by atoms with Crippen LogP contribution in [-0.2, 0) is 19.4 Å². The van der Waals surface area contributed by atoms with Crippen molar-refractivity contribution < 1.29 is 9.21 Å². The Bertz CT molecular complexity index is 683. The molecule has 2 aliphatic rings. The highest BCUT2D eigenvalue weighted by Gasteiger charge is 2.27. The molecule has 2 aromatic heterocycles. The molecule has 4 rings (SSSR count). The van der Waals surface area contributed by atoms with Gasteiger partial charge in [0.15, 0.2) is 0 Å². The topological polar surface area (TPSA) is 90.2 Å². The second-order valence-electron chi connectivity index (χ2n) is 6.08. The fourth-order valence-corrected chi connectivity index (χ4v) is 3.34. The molecule has 3 heterocycles. The largest absolute Gasteiger partial charge is 0.444 e. The Kier molecular flexibility index (Phi) is 3.22. The van der Waals surface area contributed by atoms with E-state index in [0.29, 0.717) is 5.56 Å². The Balaban J connectivity index is 1.40. The van der Waals surface area contributed by atoms with Crippen LogP contribution in [0.2, 0.25) is 0 Å². The molecular formula is C15H19N5O2. The van der Waals surface area contributed by atoms with Crippen molar-refractivity contribution in [2.45, 2.75) is 38.3 Å². The molecule has 0 radical (unpaired) electrons. The smallest absolute Gasteiger partial charge is 0.251 e. The molecule has 1 saturated heterocycles. The SMILES string of the molecule is NC(=O)c1cnn(C2CCN(Cc3nc4c(o3)CCC4)C2)c1. The van der Waals surface area contributed by atoms with Crippen LogP contribution in [0.3, 0.4) is 0 Å². The van der Waals surface area contributed by atoms with Crippen LogP contribution in [0, 0.1) is 0 Å². The van der Waals surface area contributed by atoms with E-state index in [1.165, 1.54) is 6.20 Å². The van der Waals surface area contributed by atoms with Gasteiger partial charge in [0.1, 0.15) is 5.76 Å². The number of amides is 1. The number of fused-ring (bicyclic) bond motifs is 1. The predicted molar refractivity (Wildman–Crippen MR) is 78.2 cm³/mol. The molecule has 2 N–H and O–H groups in total. The fraction of sp³-hybridized carbons (Fsp3) is 0.533. The minimum Gasteiger partial charge on any atom is -0.444 e. The lowest BCUT2D eigenvalue weighted by Gasteiger charge is -2.14. The summed E-state index contributed by atoms with van der Waals surface area (Å²) in [5.41, 5.74) is 6.87. The molecule has 1 atom stereocenters. The molecule has 7 heteroatoms. The first-order valence-corrected chi connectivity index (χ1v) is 7.73. The minimum absolute atomic E-state index is 0.273. The first-order valence-electron chi connectivity index (χ1n) is 7.73.